The molecule has 0 spiro atoms. The second-order valence-electron chi connectivity index (χ2n) is 3.94. The summed E-state index contributed by atoms with van der Waals surface area (Å²) in [4.78, 5) is 43.5. The standard InChI is InChI=1S/C10H14N2O6/c13-7(14)3-1-5-9(17)12-6(10(18)11-5)2-4-8(15)16/h5-6H,1-4H2,(H,11,18)(H,12,17)(H,13,14)(H,15,16)/p-2/t5-,6-/m0/s1. The van der Waals surface area contributed by atoms with Gasteiger partial charge in [0.15, 0.2) is 0 Å². The van der Waals surface area contributed by atoms with Gasteiger partial charge in [0.2, 0.25) is 11.8 Å². The first kappa shape index (κ1) is 13.9. The largest absolute Gasteiger partial charge is 0.550 e. The Morgan fingerprint density at radius 2 is 1.22 bits per heavy atom. The molecule has 100 valence electrons. The maximum absolute atomic E-state index is 11.5. The number of hydrogen-bond donors (Lipinski definition) is 2. The summed E-state index contributed by atoms with van der Waals surface area (Å²) in [5.41, 5.74) is 0. The van der Waals surface area contributed by atoms with Gasteiger partial charge in [-0.1, -0.05) is 0 Å². The highest BCUT2D eigenvalue weighted by atomic mass is 16.4. The second kappa shape index (κ2) is 5.99. The number of aliphatic carboxylic acids is 2. The molecule has 2 atom stereocenters. The van der Waals surface area contributed by atoms with Crippen molar-refractivity contribution in [3.8, 4) is 0 Å². The minimum Gasteiger partial charge on any atom is -0.550 e. The van der Waals surface area contributed by atoms with Gasteiger partial charge in [0.25, 0.3) is 0 Å². The quantitative estimate of drug-likeness (QED) is 0.497. The van der Waals surface area contributed by atoms with Gasteiger partial charge in [-0.15, -0.1) is 0 Å². The highest BCUT2D eigenvalue weighted by Crippen LogP contribution is 2.07. The molecule has 0 saturated carbocycles. The van der Waals surface area contributed by atoms with Crippen molar-refractivity contribution >= 4 is 23.8 Å². The molecule has 8 nitrogen and oxygen atoms in total. The number of hydrogen-bond acceptors (Lipinski definition) is 6. The lowest BCUT2D eigenvalue weighted by molar-refractivity contribution is -0.307. The average Bonchev–Trinajstić information content (AvgIpc) is 2.27. The van der Waals surface area contributed by atoms with Crippen LogP contribution in [0, 0.1) is 0 Å². The first-order chi connectivity index (χ1) is 8.40. The van der Waals surface area contributed by atoms with Crippen molar-refractivity contribution in [2.45, 2.75) is 37.8 Å². The number of carboxylic acids is 2. The minimum atomic E-state index is -1.31. The van der Waals surface area contributed by atoms with Crippen LogP contribution in [0.3, 0.4) is 0 Å². The Labute approximate surface area is 102 Å². The number of nitrogens with one attached hydrogen (secondary N) is 2. The third-order valence-corrected chi connectivity index (χ3v) is 2.54. The molecule has 0 bridgehead atoms. The predicted molar refractivity (Wildman–Crippen MR) is 52.3 cm³/mol. The zero-order valence-electron chi connectivity index (χ0n) is 9.43. The highest BCUT2D eigenvalue weighted by Gasteiger charge is 2.32. The number of rotatable bonds is 6. The molecular formula is C10H12N2O6-2. The molecular weight excluding hydrogens is 244 g/mol. The summed E-state index contributed by atoms with van der Waals surface area (Å²) in [6.07, 6.45) is -0.815. The summed E-state index contributed by atoms with van der Waals surface area (Å²) in [5, 5.41) is 25.2. The van der Waals surface area contributed by atoms with Gasteiger partial charge in [-0.3, -0.25) is 9.59 Å². The lowest BCUT2D eigenvalue weighted by Crippen LogP contribution is -2.61. The van der Waals surface area contributed by atoms with Crippen LogP contribution in [0.4, 0.5) is 0 Å². The Kier molecular flexibility index (Phi) is 4.64. The van der Waals surface area contributed by atoms with E-state index in [0.717, 1.165) is 0 Å². The van der Waals surface area contributed by atoms with E-state index >= 15 is 0 Å². The summed E-state index contributed by atoms with van der Waals surface area (Å²) in [5.74, 6) is -3.68. The smallest absolute Gasteiger partial charge is 0.243 e. The third-order valence-electron chi connectivity index (χ3n) is 2.54. The highest BCUT2D eigenvalue weighted by molar-refractivity contribution is 5.97. The van der Waals surface area contributed by atoms with Gasteiger partial charge in [0.1, 0.15) is 12.1 Å². The van der Waals surface area contributed by atoms with Crippen LogP contribution in [0.5, 0.6) is 0 Å². The van der Waals surface area contributed by atoms with Crippen molar-refractivity contribution < 1.29 is 29.4 Å². The number of carbonyl (C=O) groups is 4. The Morgan fingerprint density at radius 1 is 0.889 bits per heavy atom. The fraction of sp³-hybridized carbons (Fsp3) is 0.600. The third kappa shape index (κ3) is 4.04. The van der Waals surface area contributed by atoms with Gasteiger partial charge in [-0.2, -0.15) is 0 Å². The van der Waals surface area contributed by atoms with Gasteiger partial charge in [-0.25, -0.2) is 0 Å². The molecule has 1 rings (SSSR count). The first-order valence-electron chi connectivity index (χ1n) is 5.40. The number of amides is 2. The zero-order valence-corrected chi connectivity index (χ0v) is 9.43. The number of carbonyl (C=O) groups excluding carboxylic acids is 4. The van der Waals surface area contributed by atoms with Crippen molar-refractivity contribution in [2.75, 3.05) is 0 Å². The van der Waals surface area contributed by atoms with E-state index in [0.29, 0.717) is 0 Å². The van der Waals surface area contributed by atoms with Crippen molar-refractivity contribution in [1.82, 2.24) is 10.6 Å². The first-order valence-corrected chi connectivity index (χ1v) is 5.40. The Hall–Kier alpha value is -2.12. The van der Waals surface area contributed by atoms with Crippen molar-refractivity contribution in [2.24, 2.45) is 0 Å². The Bertz CT molecular complexity index is 345. The van der Waals surface area contributed by atoms with Gasteiger partial charge >= 0.3 is 0 Å². The van der Waals surface area contributed by atoms with E-state index in [1.807, 2.05) is 0 Å². The van der Waals surface area contributed by atoms with Crippen LogP contribution in [-0.2, 0) is 19.2 Å². The van der Waals surface area contributed by atoms with Crippen LogP contribution in [0.1, 0.15) is 25.7 Å². The van der Waals surface area contributed by atoms with Crippen LogP contribution < -0.4 is 20.8 Å². The van der Waals surface area contributed by atoms with E-state index in [-0.39, 0.29) is 25.7 Å². The topological polar surface area (TPSA) is 138 Å². The molecule has 1 heterocycles. The maximum atomic E-state index is 11.5. The van der Waals surface area contributed by atoms with Crippen LogP contribution in [0.25, 0.3) is 0 Å². The van der Waals surface area contributed by atoms with Crippen molar-refractivity contribution in [3.05, 3.63) is 0 Å². The van der Waals surface area contributed by atoms with Crippen molar-refractivity contribution in [3.63, 3.8) is 0 Å². The van der Waals surface area contributed by atoms with Gasteiger partial charge in [-0.05, 0) is 25.7 Å². The molecule has 2 N–H and O–H groups in total. The van der Waals surface area contributed by atoms with E-state index < -0.39 is 35.8 Å². The molecule has 18 heavy (non-hydrogen) atoms. The van der Waals surface area contributed by atoms with E-state index in [1.165, 1.54) is 0 Å². The molecule has 0 aromatic carbocycles. The monoisotopic (exact) mass is 256 g/mol. The zero-order chi connectivity index (χ0) is 13.7. The molecule has 0 aromatic heterocycles. The molecule has 0 aliphatic carbocycles. The fourth-order valence-electron chi connectivity index (χ4n) is 1.61. The van der Waals surface area contributed by atoms with E-state index in [9.17, 15) is 29.4 Å². The molecule has 1 saturated heterocycles. The lowest BCUT2D eigenvalue weighted by Gasteiger charge is -2.29. The van der Waals surface area contributed by atoms with Crippen LogP contribution in [0.2, 0.25) is 0 Å². The van der Waals surface area contributed by atoms with Gasteiger partial charge < -0.3 is 30.4 Å². The number of carboxylic acid groups (broad SMARTS) is 2. The van der Waals surface area contributed by atoms with Gasteiger partial charge in [0.05, 0.1) is 0 Å². The summed E-state index contributed by atoms with van der Waals surface area (Å²) >= 11 is 0. The fourth-order valence-corrected chi connectivity index (χ4v) is 1.61. The lowest BCUT2D eigenvalue weighted by atomic mass is 10.0. The summed E-state index contributed by atoms with van der Waals surface area (Å²) in [6.45, 7) is 0. The molecule has 2 amide bonds. The normalized spacial score (nSPS) is 23.1. The summed E-state index contributed by atoms with van der Waals surface area (Å²) in [6, 6.07) is -1.84. The van der Waals surface area contributed by atoms with Crippen LogP contribution in [-0.4, -0.2) is 35.8 Å². The Balaban J connectivity index is 2.48. The van der Waals surface area contributed by atoms with Crippen molar-refractivity contribution in [1.29, 1.82) is 0 Å². The molecule has 1 aliphatic rings. The number of piperazine rings is 1. The Morgan fingerprint density at radius 3 is 1.50 bits per heavy atom. The molecule has 8 heteroatoms. The molecule has 0 aromatic rings. The average molecular weight is 256 g/mol. The van der Waals surface area contributed by atoms with E-state index in [4.69, 9.17) is 0 Å². The van der Waals surface area contributed by atoms with Crippen LogP contribution >= 0.6 is 0 Å². The molecule has 0 unspecified atom stereocenters. The predicted octanol–water partition coefficient (Wildman–Crippen LogP) is -3.97. The van der Waals surface area contributed by atoms with E-state index in [2.05, 4.69) is 10.6 Å². The molecule has 0 radical (unpaired) electrons. The molecule has 1 aliphatic heterocycles. The van der Waals surface area contributed by atoms with E-state index in [1.54, 1.807) is 0 Å². The minimum absolute atomic E-state index is 0.0624. The van der Waals surface area contributed by atoms with Gasteiger partial charge in [0, 0.05) is 11.9 Å². The SMILES string of the molecule is O=C([O-])CC[C@@H]1NC(=O)[C@H](CCC(=O)[O-])NC1=O. The van der Waals surface area contributed by atoms with Crippen LogP contribution in [0.15, 0.2) is 0 Å². The second-order valence-corrected chi connectivity index (χ2v) is 3.94. The molecule has 1 fully saturated rings. The maximum Gasteiger partial charge on any atom is 0.243 e. The summed E-state index contributed by atoms with van der Waals surface area (Å²) in [7, 11) is 0. The summed E-state index contributed by atoms with van der Waals surface area (Å²) < 4.78 is 0.